The summed E-state index contributed by atoms with van der Waals surface area (Å²) >= 11 is 0. The fourth-order valence-corrected chi connectivity index (χ4v) is 3.24. The molecule has 0 saturated carbocycles. The van der Waals surface area contributed by atoms with E-state index in [0.717, 1.165) is 15.8 Å². The lowest BCUT2D eigenvalue weighted by Crippen LogP contribution is -2.36. The Balaban J connectivity index is 2.20. The molecule has 130 valence electrons. The van der Waals surface area contributed by atoms with Crippen molar-refractivity contribution in [2.75, 3.05) is 0 Å². The molecule has 0 aliphatic carbocycles. The third-order valence-corrected chi connectivity index (χ3v) is 4.61. The highest BCUT2D eigenvalue weighted by molar-refractivity contribution is 5.94. The number of aromatic hydroxyl groups is 1. The molecule has 0 bridgehead atoms. The quantitative estimate of drug-likeness (QED) is 0.605. The summed E-state index contributed by atoms with van der Waals surface area (Å²) in [5.41, 5.74) is 2.22. The molecule has 0 spiro atoms. The summed E-state index contributed by atoms with van der Waals surface area (Å²) < 4.78 is 4.47. The average Bonchev–Trinajstić information content (AvgIpc) is 3.06. The predicted molar refractivity (Wildman–Crippen MR) is 101 cm³/mol. The average molecular weight is 347 g/mol. The van der Waals surface area contributed by atoms with E-state index in [1.807, 2.05) is 34.9 Å². The first-order valence-corrected chi connectivity index (χ1v) is 8.15. The van der Waals surface area contributed by atoms with Gasteiger partial charge in [0, 0.05) is 26.0 Å². The largest absolute Gasteiger partial charge is 0.508 e. The Morgan fingerprint density at radius 2 is 1.50 bits per heavy atom. The molecule has 2 heterocycles. The Morgan fingerprint density at radius 1 is 0.846 bits per heavy atom. The van der Waals surface area contributed by atoms with Crippen LogP contribution in [0.2, 0.25) is 0 Å². The van der Waals surface area contributed by atoms with Gasteiger partial charge in [-0.3, -0.25) is 13.9 Å². The number of benzene rings is 2. The maximum Gasteiger partial charge on any atom is 0.330 e. The molecule has 2 aromatic carbocycles. The molecule has 0 unspecified atom stereocenters. The van der Waals surface area contributed by atoms with E-state index < -0.39 is 0 Å². The first-order chi connectivity index (χ1) is 12.5. The van der Waals surface area contributed by atoms with Crippen LogP contribution in [-0.2, 0) is 14.1 Å². The number of aryl methyl sites for hydroxylation is 1. The Hall–Kier alpha value is -3.54. The summed E-state index contributed by atoms with van der Waals surface area (Å²) in [6.45, 7) is 0. The summed E-state index contributed by atoms with van der Waals surface area (Å²) in [6, 6.07) is 16.3. The topological polar surface area (TPSA) is 69.2 Å². The fraction of sp³-hybridized carbons (Fsp3) is 0.100. The van der Waals surface area contributed by atoms with Gasteiger partial charge in [-0.2, -0.15) is 0 Å². The summed E-state index contributed by atoms with van der Waals surface area (Å²) in [5.74, 6) is 0.162. The number of hydrogen-bond donors (Lipinski definition) is 1. The maximum atomic E-state index is 12.9. The lowest BCUT2D eigenvalue weighted by atomic mass is 10.1. The minimum Gasteiger partial charge on any atom is -0.508 e. The van der Waals surface area contributed by atoms with Gasteiger partial charge in [0.25, 0.3) is 5.56 Å². The highest BCUT2D eigenvalue weighted by Gasteiger charge is 2.19. The van der Waals surface area contributed by atoms with Crippen LogP contribution in [0.25, 0.3) is 27.8 Å². The van der Waals surface area contributed by atoms with Crippen LogP contribution in [-0.4, -0.2) is 18.8 Å². The van der Waals surface area contributed by atoms with Crippen LogP contribution in [0.4, 0.5) is 0 Å². The van der Waals surface area contributed by atoms with Crippen molar-refractivity contribution in [1.82, 2.24) is 13.7 Å². The van der Waals surface area contributed by atoms with Crippen LogP contribution in [0.1, 0.15) is 0 Å². The first kappa shape index (κ1) is 16.0. The zero-order valence-corrected chi connectivity index (χ0v) is 14.4. The van der Waals surface area contributed by atoms with Crippen molar-refractivity contribution in [3.8, 4) is 22.7 Å². The Morgan fingerprint density at radius 3 is 2.15 bits per heavy atom. The van der Waals surface area contributed by atoms with Crippen LogP contribution >= 0.6 is 0 Å². The van der Waals surface area contributed by atoms with Crippen molar-refractivity contribution >= 4 is 10.9 Å². The standard InChI is InChI=1S/C20H17N3O3/c1-21-16-12-23(14-8-10-15(24)11-9-14)18(13-6-4-3-5-7-13)17(16)19(25)22(2)20(21)26/h3-12,24H,1-2H3. The number of aromatic nitrogens is 3. The molecule has 26 heavy (non-hydrogen) atoms. The Labute approximate surface area is 148 Å². The molecule has 6 heteroatoms. The number of fused-ring (bicyclic) bond motifs is 1. The summed E-state index contributed by atoms with van der Waals surface area (Å²) in [4.78, 5) is 25.2. The summed E-state index contributed by atoms with van der Waals surface area (Å²) in [7, 11) is 3.14. The van der Waals surface area contributed by atoms with Gasteiger partial charge in [0.05, 0.1) is 16.6 Å². The second kappa shape index (κ2) is 5.77. The SMILES string of the molecule is Cn1c(=O)c2c(-c3ccccc3)n(-c3ccc(O)cc3)cc2n(C)c1=O. The van der Waals surface area contributed by atoms with E-state index in [-0.39, 0.29) is 17.0 Å². The normalized spacial score (nSPS) is 11.2. The fourth-order valence-electron chi connectivity index (χ4n) is 3.24. The summed E-state index contributed by atoms with van der Waals surface area (Å²) in [5, 5.41) is 10.1. The van der Waals surface area contributed by atoms with Crippen molar-refractivity contribution in [3.05, 3.63) is 81.6 Å². The van der Waals surface area contributed by atoms with Crippen molar-refractivity contribution in [1.29, 1.82) is 0 Å². The molecule has 0 saturated heterocycles. The van der Waals surface area contributed by atoms with Crippen molar-refractivity contribution in [2.45, 2.75) is 0 Å². The van der Waals surface area contributed by atoms with Gasteiger partial charge in [0.1, 0.15) is 5.75 Å². The summed E-state index contributed by atoms with van der Waals surface area (Å²) in [6.07, 6.45) is 1.78. The highest BCUT2D eigenvalue weighted by atomic mass is 16.3. The van der Waals surface area contributed by atoms with Crippen molar-refractivity contribution in [3.63, 3.8) is 0 Å². The van der Waals surface area contributed by atoms with E-state index in [2.05, 4.69) is 0 Å². The molecular formula is C20H17N3O3. The zero-order valence-electron chi connectivity index (χ0n) is 14.4. The lowest BCUT2D eigenvalue weighted by Gasteiger charge is -2.10. The number of phenolic OH excluding ortho intramolecular Hbond substituents is 1. The third kappa shape index (κ3) is 2.27. The first-order valence-electron chi connectivity index (χ1n) is 8.15. The van der Waals surface area contributed by atoms with Gasteiger partial charge in [-0.15, -0.1) is 0 Å². The molecule has 0 atom stereocenters. The van der Waals surface area contributed by atoms with Gasteiger partial charge in [-0.25, -0.2) is 4.79 Å². The molecular weight excluding hydrogens is 330 g/mol. The Bertz CT molecular complexity index is 1230. The molecule has 4 rings (SSSR count). The monoisotopic (exact) mass is 347 g/mol. The van der Waals surface area contributed by atoms with Crippen molar-refractivity contribution in [2.24, 2.45) is 14.1 Å². The predicted octanol–water partition coefficient (Wildman–Crippen LogP) is 2.40. The van der Waals surface area contributed by atoms with Gasteiger partial charge >= 0.3 is 5.69 Å². The Kier molecular flexibility index (Phi) is 3.54. The maximum absolute atomic E-state index is 12.9. The molecule has 0 amide bonds. The van der Waals surface area contributed by atoms with Crippen LogP contribution in [0, 0.1) is 0 Å². The molecule has 0 aliphatic rings. The number of nitrogens with zero attached hydrogens (tertiary/aromatic N) is 3. The molecule has 0 radical (unpaired) electrons. The van der Waals surface area contributed by atoms with Crippen LogP contribution < -0.4 is 11.2 Å². The van der Waals surface area contributed by atoms with Crippen LogP contribution in [0.15, 0.2) is 70.4 Å². The minimum atomic E-state index is -0.370. The third-order valence-electron chi connectivity index (χ3n) is 4.61. The highest BCUT2D eigenvalue weighted by Crippen LogP contribution is 2.31. The molecule has 6 nitrogen and oxygen atoms in total. The molecule has 0 fully saturated rings. The van der Waals surface area contributed by atoms with Gasteiger partial charge in [0.2, 0.25) is 0 Å². The van der Waals surface area contributed by atoms with Gasteiger partial charge in [-0.05, 0) is 29.8 Å². The van der Waals surface area contributed by atoms with Gasteiger partial charge in [0.15, 0.2) is 0 Å². The van der Waals surface area contributed by atoms with E-state index in [1.165, 1.54) is 11.6 Å². The zero-order chi connectivity index (χ0) is 18.4. The van der Waals surface area contributed by atoms with E-state index in [4.69, 9.17) is 0 Å². The molecule has 0 aliphatic heterocycles. The van der Waals surface area contributed by atoms with Gasteiger partial charge < -0.3 is 9.67 Å². The molecule has 2 aromatic heterocycles. The minimum absolute atomic E-state index is 0.162. The van der Waals surface area contributed by atoms with Gasteiger partial charge in [-0.1, -0.05) is 30.3 Å². The molecule has 1 N–H and O–H groups in total. The van der Waals surface area contributed by atoms with E-state index in [9.17, 15) is 14.7 Å². The second-order valence-corrected chi connectivity index (χ2v) is 6.20. The van der Waals surface area contributed by atoms with Crippen molar-refractivity contribution < 1.29 is 5.11 Å². The number of hydrogen-bond acceptors (Lipinski definition) is 3. The van der Waals surface area contributed by atoms with Crippen LogP contribution in [0.5, 0.6) is 5.75 Å². The van der Waals surface area contributed by atoms with E-state index >= 15 is 0 Å². The number of phenols is 1. The smallest absolute Gasteiger partial charge is 0.330 e. The lowest BCUT2D eigenvalue weighted by molar-refractivity contribution is 0.475. The molecule has 4 aromatic rings. The van der Waals surface area contributed by atoms with E-state index in [1.54, 1.807) is 37.5 Å². The second-order valence-electron chi connectivity index (χ2n) is 6.20. The van der Waals surface area contributed by atoms with Crippen LogP contribution in [0.3, 0.4) is 0 Å². The van der Waals surface area contributed by atoms with E-state index in [0.29, 0.717) is 16.6 Å². The number of rotatable bonds is 2.